The van der Waals surface area contributed by atoms with Crippen molar-refractivity contribution in [3.8, 4) is 0 Å². The highest BCUT2D eigenvalue weighted by Crippen LogP contribution is 2.20. The summed E-state index contributed by atoms with van der Waals surface area (Å²) in [5, 5.41) is 0. The van der Waals surface area contributed by atoms with Gasteiger partial charge in [-0.3, -0.25) is 4.79 Å². The standard InChI is InChI=1S/C13H16F2N2O2/c1-7-5-17(6-8(2)19-7)13(18)9-3-12(16)11(15)4-10(9)14/h3-4,7-8H,5-6,16H2,1-2H3. The van der Waals surface area contributed by atoms with E-state index in [2.05, 4.69) is 0 Å². The molecule has 1 fully saturated rings. The minimum atomic E-state index is -0.900. The van der Waals surface area contributed by atoms with Gasteiger partial charge in [0.25, 0.3) is 5.91 Å². The molecule has 0 radical (unpaired) electrons. The first-order valence-corrected chi connectivity index (χ1v) is 6.07. The Balaban J connectivity index is 2.26. The fourth-order valence-electron chi connectivity index (χ4n) is 2.24. The van der Waals surface area contributed by atoms with Crippen LogP contribution in [-0.2, 0) is 4.74 Å². The predicted octanol–water partition coefficient (Wildman–Crippen LogP) is 1.80. The largest absolute Gasteiger partial charge is 0.396 e. The van der Waals surface area contributed by atoms with Crippen molar-refractivity contribution >= 4 is 11.6 Å². The van der Waals surface area contributed by atoms with E-state index in [9.17, 15) is 13.6 Å². The van der Waals surface area contributed by atoms with E-state index in [-0.39, 0.29) is 23.5 Å². The number of ether oxygens (including phenoxy) is 1. The van der Waals surface area contributed by atoms with Crippen LogP contribution in [0.15, 0.2) is 12.1 Å². The van der Waals surface area contributed by atoms with E-state index in [0.29, 0.717) is 19.2 Å². The highest BCUT2D eigenvalue weighted by Gasteiger charge is 2.28. The summed E-state index contributed by atoms with van der Waals surface area (Å²) in [4.78, 5) is 13.7. The number of carbonyl (C=O) groups is 1. The summed E-state index contributed by atoms with van der Waals surface area (Å²) in [5.74, 6) is -2.26. The molecular formula is C13H16F2N2O2. The lowest BCUT2D eigenvalue weighted by Gasteiger charge is -2.35. The number of carbonyl (C=O) groups excluding carboxylic acids is 1. The second kappa shape index (κ2) is 5.13. The van der Waals surface area contributed by atoms with E-state index in [1.807, 2.05) is 13.8 Å². The maximum atomic E-state index is 13.7. The number of amides is 1. The summed E-state index contributed by atoms with van der Waals surface area (Å²) in [5.41, 5.74) is 4.93. The number of halogens is 2. The molecule has 0 saturated carbocycles. The van der Waals surface area contributed by atoms with Crippen molar-refractivity contribution in [2.75, 3.05) is 18.8 Å². The van der Waals surface area contributed by atoms with Crippen molar-refractivity contribution in [2.45, 2.75) is 26.1 Å². The van der Waals surface area contributed by atoms with Crippen LogP contribution in [0.3, 0.4) is 0 Å². The first kappa shape index (κ1) is 13.7. The molecule has 0 bridgehead atoms. The Morgan fingerprint density at radius 1 is 1.26 bits per heavy atom. The minimum absolute atomic E-state index is 0.117. The lowest BCUT2D eigenvalue weighted by molar-refractivity contribution is -0.0587. The lowest BCUT2D eigenvalue weighted by Crippen LogP contribution is -2.48. The van der Waals surface area contributed by atoms with E-state index in [1.165, 1.54) is 4.90 Å². The maximum absolute atomic E-state index is 13.7. The third-order valence-corrected chi connectivity index (χ3v) is 3.02. The van der Waals surface area contributed by atoms with Crippen molar-refractivity contribution < 1.29 is 18.3 Å². The topological polar surface area (TPSA) is 55.6 Å². The zero-order valence-corrected chi connectivity index (χ0v) is 10.8. The van der Waals surface area contributed by atoms with Crippen LogP contribution in [0.1, 0.15) is 24.2 Å². The van der Waals surface area contributed by atoms with Crippen molar-refractivity contribution in [1.29, 1.82) is 0 Å². The van der Waals surface area contributed by atoms with Gasteiger partial charge in [-0.25, -0.2) is 8.78 Å². The molecule has 1 aromatic rings. The van der Waals surface area contributed by atoms with Gasteiger partial charge in [0, 0.05) is 19.2 Å². The van der Waals surface area contributed by atoms with Gasteiger partial charge in [-0.15, -0.1) is 0 Å². The van der Waals surface area contributed by atoms with Gasteiger partial charge in [-0.1, -0.05) is 0 Å². The molecule has 6 heteroatoms. The molecule has 2 rings (SSSR count). The van der Waals surface area contributed by atoms with Gasteiger partial charge < -0.3 is 15.4 Å². The summed E-state index contributed by atoms with van der Waals surface area (Å²) in [6, 6.07) is 1.67. The molecule has 1 heterocycles. The van der Waals surface area contributed by atoms with Crippen molar-refractivity contribution in [1.82, 2.24) is 4.90 Å². The Hall–Kier alpha value is -1.69. The summed E-state index contributed by atoms with van der Waals surface area (Å²) in [6.45, 7) is 4.43. The smallest absolute Gasteiger partial charge is 0.257 e. The predicted molar refractivity (Wildman–Crippen MR) is 66.7 cm³/mol. The molecule has 19 heavy (non-hydrogen) atoms. The van der Waals surface area contributed by atoms with Crippen molar-refractivity contribution in [2.24, 2.45) is 0 Å². The number of morpholine rings is 1. The van der Waals surface area contributed by atoms with Crippen LogP contribution in [-0.4, -0.2) is 36.1 Å². The number of benzene rings is 1. The Kier molecular flexibility index (Phi) is 3.71. The zero-order valence-electron chi connectivity index (χ0n) is 10.8. The maximum Gasteiger partial charge on any atom is 0.257 e. The molecule has 2 unspecified atom stereocenters. The summed E-state index contributed by atoms with van der Waals surface area (Å²) in [7, 11) is 0. The fraction of sp³-hybridized carbons (Fsp3) is 0.462. The van der Waals surface area contributed by atoms with Gasteiger partial charge in [-0.05, 0) is 19.9 Å². The van der Waals surface area contributed by atoms with Gasteiger partial charge in [0.1, 0.15) is 11.6 Å². The summed E-state index contributed by atoms with van der Waals surface area (Å²) in [6.07, 6.45) is -0.234. The van der Waals surface area contributed by atoms with E-state index < -0.39 is 17.5 Å². The van der Waals surface area contributed by atoms with Crippen LogP contribution in [0, 0.1) is 11.6 Å². The Labute approximate surface area is 110 Å². The second-order valence-corrected chi connectivity index (χ2v) is 4.82. The molecule has 4 nitrogen and oxygen atoms in total. The lowest BCUT2D eigenvalue weighted by atomic mass is 10.1. The SMILES string of the molecule is CC1CN(C(=O)c2cc(N)c(F)cc2F)CC(C)O1. The monoisotopic (exact) mass is 270 g/mol. The molecule has 2 atom stereocenters. The molecular weight excluding hydrogens is 254 g/mol. The van der Waals surface area contributed by atoms with E-state index >= 15 is 0 Å². The molecule has 104 valence electrons. The highest BCUT2D eigenvalue weighted by atomic mass is 19.1. The molecule has 1 saturated heterocycles. The molecule has 0 aliphatic carbocycles. The van der Waals surface area contributed by atoms with Crippen LogP contribution in [0.25, 0.3) is 0 Å². The van der Waals surface area contributed by atoms with Crippen LogP contribution in [0.2, 0.25) is 0 Å². The first-order chi connectivity index (χ1) is 8.88. The quantitative estimate of drug-likeness (QED) is 0.792. The van der Waals surface area contributed by atoms with Gasteiger partial charge in [0.15, 0.2) is 0 Å². The first-order valence-electron chi connectivity index (χ1n) is 6.07. The van der Waals surface area contributed by atoms with Crippen LogP contribution in [0.5, 0.6) is 0 Å². The third kappa shape index (κ3) is 2.84. The van der Waals surface area contributed by atoms with E-state index in [1.54, 1.807) is 0 Å². The van der Waals surface area contributed by atoms with Gasteiger partial charge in [0.2, 0.25) is 0 Å². The molecule has 1 aliphatic heterocycles. The highest BCUT2D eigenvalue weighted by molar-refractivity contribution is 5.95. The minimum Gasteiger partial charge on any atom is -0.396 e. The van der Waals surface area contributed by atoms with E-state index in [0.717, 1.165) is 6.07 Å². The van der Waals surface area contributed by atoms with Crippen LogP contribution >= 0.6 is 0 Å². The summed E-state index contributed by atoms with van der Waals surface area (Å²) >= 11 is 0. The van der Waals surface area contributed by atoms with Crippen molar-refractivity contribution in [3.05, 3.63) is 29.3 Å². The number of nitrogens with two attached hydrogens (primary N) is 1. The normalized spacial score (nSPS) is 23.5. The fourth-order valence-corrected chi connectivity index (χ4v) is 2.24. The number of anilines is 1. The molecule has 0 aromatic heterocycles. The van der Waals surface area contributed by atoms with Gasteiger partial charge >= 0.3 is 0 Å². The number of rotatable bonds is 1. The molecule has 1 aromatic carbocycles. The van der Waals surface area contributed by atoms with E-state index in [4.69, 9.17) is 10.5 Å². The Bertz CT molecular complexity index is 498. The van der Waals surface area contributed by atoms with Gasteiger partial charge in [-0.2, -0.15) is 0 Å². The Morgan fingerprint density at radius 3 is 2.42 bits per heavy atom. The summed E-state index contributed by atoms with van der Waals surface area (Å²) < 4.78 is 32.2. The Morgan fingerprint density at radius 2 is 1.84 bits per heavy atom. The average molecular weight is 270 g/mol. The van der Waals surface area contributed by atoms with Crippen LogP contribution in [0.4, 0.5) is 14.5 Å². The van der Waals surface area contributed by atoms with Crippen molar-refractivity contribution in [3.63, 3.8) is 0 Å². The zero-order chi connectivity index (χ0) is 14.2. The average Bonchev–Trinajstić information content (AvgIpc) is 2.31. The van der Waals surface area contributed by atoms with Gasteiger partial charge in [0.05, 0.1) is 23.5 Å². The molecule has 1 aliphatic rings. The molecule has 2 N–H and O–H groups in total. The number of nitrogen functional groups attached to an aromatic ring is 1. The second-order valence-electron chi connectivity index (χ2n) is 4.82. The number of hydrogen-bond donors (Lipinski definition) is 1. The molecule has 0 spiro atoms. The molecule has 1 amide bonds. The third-order valence-electron chi connectivity index (χ3n) is 3.02. The van der Waals surface area contributed by atoms with Crippen LogP contribution < -0.4 is 5.73 Å². The number of nitrogens with zero attached hydrogens (tertiary/aromatic N) is 1. The number of hydrogen-bond acceptors (Lipinski definition) is 3.